The fourth-order valence-corrected chi connectivity index (χ4v) is 3.41. The summed E-state index contributed by atoms with van der Waals surface area (Å²) in [6.45, 7) is 0.653. The predicted molar refractivity (Wildman–Crippen MR) is 99.2 cm³/mol. The van der Waals surface area contributed by atoms with Crippen LogP contribution in [0, 0.1) is 5.82 Å². The van der Waals surface area contributed by atoms with Gasteiger partial charge < -0.3 is 4.90 Å². The molecule has 1 aromatic heterocycles. The van der Waals surface area contributed by atoms with Gasteiger partial charge in [0.25, 0.3) is 5.91 Å². The summed E-state index contributed by atoms with van der Waals surface area (Å²) in [5.41, 5.74) is 2.06. The maximum Gasteiger partial charge on any atom is 0.273 e. The topological polar surface area (TPSA) is 33.2 Å². The van der Waals surface area contributed by atoms with Gasteiger partial charge in [-0.3, -0.25) is 4.79 Å². The maximum absolute atomic E-state index is 13.8. The molecule has 0 aliphatic rings. The monoisotopic (exact) mass is 354 g/mol. The summed E-state index contributed by atoms with van der Waals surface area (Å²) >= 11 is 1.28. The predicted octanol–water partition coefficient (Wildman–Crippen LogP) is 4.65. The van der Waals surface area contributed by atoms with Crippen molar-refractivity contribution in [3.63, 3.8) is 0 Å². The molecule has 0 aliphatic carbocycles. The van der Waals surface area contributed by atoms with E-state index in [1.165, 1.54) is 23.0 Å². The zero-order chi connectivity index (χ0) is 17.6. The molecular weight excluding hydrogens is 335 g/mol. The van der Waals surface area contributed by atoms with Crippen LogP contribution in [-0.2, 0) is 6.42 Å². The van der Waals surface area contributed by atoms with Crippen molar-refractivity contribution in [1.29, 1.82) is 0 Å². The van der Waals surface area contributed by atoms with E-state index in [1.807, 2.05) is 18.2 Å². The van der Waals surface area contributed by atoms with Crippen molar-refractivity contribution in [2.45, 2.75) is 12.8 Å². The van der Waals surface area contributed by atoms with E-state index >= 15 is 0 Å². The van der Waals surface area contributed by atoms with Crippen LogP contribution in [0.1, 0.15) is 22.5 Å². The van der Waals surface area contributed by atoms with Gasteiger partial charge in [0.1, 0.15) is 16.5 Å². The van der Waals surface area contributed by atoms with Crippen LogP contribution in [0.5, 0.6) is 0 Å². The van der Waals surface area contributed by atoms with E-state index in [0.717, 1.165) is 12.8 Å². The first-order valence-corrected chi connectivity index (χ1v) is 9.03. The van der Waals surface area contributed by atoms with Gasteiger partial charge in [-0.25, -0.2) is 9.37 Å². The maximum atomic E-state index is 13.8. The Morgan fingerprint density at radius 2 is 1.84 bits per heavy atom. The second-order valence-electron chi connectivity index (χ2n) is 5.83. The van der Waals surface area contributed by atoms with Crippen LogP contribution in [0.15, 0.2) is 60.0 Å². The van der Waals surface area contributed by atoms with E-state index < -0.39 is 0 Å². The number of nitrogens with zero attached hydrogens (tertiary/aromatic N) is 2. The van der Waals surface area contributed by atoms with Crippen LogP contribution in [0.25, 0.3) is 10.6 Å². The average molecular weight is 354 g/mol. The van der Waals surface area contributed by atoms with Crippen LogP contribution in [0.2, 0.25) is 0 Å². The van der Waals surface area contributed by atoms with Gasteiger partial charge in [0, 0.05) is 24.5 Å². The molecule has 3 aromatic rings. The Morgan fingerprint density at radius 1 is 1.12 bits per heavy atom. The normalized spacial score (nSPS) is 10.6. The lowest BCUT2D eigenvalue weighted by atomic mass is 10.1. The molecule has 2 aromatic carbocycles. The largest absolute Gasteiger partial charge is 0.340 e. The van der Waals surface area contributed by atoms with Crippen LogP contribution in [0.4, 0.5) is 4.39 Å². The van der Waals surface area contributed by atoms with Crippen LogP contribution >= 0.6 is 11.3 Å². The van der Waals surface area contributed by atoms with Gasteiger partial charge in [-0.15, -0.1) is 11.3 Å². The molecule has 0 atom stereocenters. The molecule has 0 saturated carbocycles. The van der Waals surface area contributed by atoms with Gasteiger partial charge in [0.15, 0.2) is 0 Å². The second kappa shape index (κ2) is 8.03. The Bertz CT molecular complexity index is 848. The number of benzene rings is 2. The van der Waals surface area contributed by atoms with Crippen molar-refractivity contribution in [2.75, 3.05) is 13.6 Å². The summed E-state index contributed by atoms with van der Waals surface area (Å²) in [7, 11) is 1.77. The van der Waals surface area contributed by atoms with Gasteiger partial charge in [-0.1, -0.05) is 42.5 Å². The Kier molecular flexibility index (Phi) is 5.56. The molecule has 0 bridgehead atoms. The molecule has 5 heteroatoms. The number of carbonyl (C=O) groups excluding carboxylic acids is 1. The van der Waals surface area contributed by atoms with E-state index in [4.69, 9.17) is 0 Å². The van der Waals surface area contributed by atoms with Gasteiger partial charge in [-0.05, 0) is 30.5 Å². The molecule has 0 fully saturated rings. The molecule has 1 amide bonds. The number of hydrogen-bond acceptors (Lipinski definition) is 3. The zero-order valence-corrected chi connectivity index (χ0v) is 14.8. The highest BCUT2D eigenvalue weighted by Gasteiger charge is 2.17. The number of hydrogen-bond donors (Lipinski definition) is 0. The summed E-state index contributed by atoms with van der Waals surface area (Å²) in [6, 6.07) is 16.7. The van der Waals surface area contributed by atoms with E-state index in [0.29, 0.717) is 22.8 Å². The van der Waals surface area contributed by atoms with Gasteiger partial charge >= 0.3 is 0 Å². The summed E-state index contributed by atoms with van der Waals surface area (Å²) in [4.78, 5) is 18.5. The van der Waals surface area contributed by atoms with E-state index in [9.17, 15) is 9.18 Å². The molecule has 0 radical (unpaired) electrons. The molecule has 0 spiro atoms. The minimum absolute atomic E-state index is 0.132. The van der Waals surface area contributed by atoms with Crippen molar-refractivity contribution in [1.82, 2.24) is 9.88 Å². The third-order valence-corrected chi connectivity index (χ3v) is 4.85. The number of aryl methyl sites for hydroxylation is 1. The van der Waals surface area contributed by atoms with Crippen molar-refractivity contribution in [3.8, 4) is 10.6 Å². The van der Waals surface area contributed by atoms with Crippen molar-refractivity contribution < 1.29 is 9.18 Å². The highest BCUT2D eigenvalue weighted by atomic mass is 32.1. The molecular formula is C20H19FN2OS. The Hall–Kier alpha value is -2.53. The molecule has 3 rings (SSSR count). The first-order chi connectivity index (χ1) is 12.1. The highest BCUT2D eigenvalue weighted by molar-refractivity contribution is 7.13. The van der Waals surface area contributed by atoms with Crippen LogP contribution in [-0.4, -0.2) is 29.4 Å². The Morgan fingerprint density at radius 3 is 2.60 bits per heavy atom. The standard InChI is InChI=1S/C20H19FN2OS/c1-23(13-7-10-15-8-3-2-4-9-15)20(24)18-14-25-19(22-18)16-11-5-6-12-17(16)21/h2-6,8-9,11-12,14H,7,10,13H2,1H3. The number of halogens is 1. The second-order valence-corrected chi connectivity index (χ2v) is 6.69. The third kappa shape index (κ3) is 4.31. The zero-order valence-electron chi connectivity index (χ0n) is 14.0. The number of amides is 1. The summed E-state index contributed by atoms with van der Waals surface area (Å²) in [5, 5.41) is 2.22. The molecule has 0 saturated heterocycles. The molecule has 0 aliphatic heterocycles. The number of carbonyl (C=O) groups is 1. The number of thiazole rings is 1. The van der Waals surface area contributed by atoms with Crippen LogP contribution in [0.3, 0.4) is 0 Å². The quantitative estimate of drug-likeness (QED) is 0.645. The Labute approximate surface area is 150 Å². The third-order valence-electron chi connectivity index (χ3n) is 3.98. The van der Waals surface area contributed by atoms with E-state index in [2.05, 4.69) is 17.1 Å². The summed E-state index contributed by atoms with van der Waals surface area (Å²) < 4.78 is 13.8. The first-order valence-electron chi connectivity index (χ1n) is 8.15. The molecule has 1 heterocycles. The molecule has 0 N–H and O–H groups in total. The van der Waals surface area contributed by atoms with Gasteiger partial charge in [0.05, 0.1) is 0 Å². The average Bonchev–Trinajstić information content (AvgIpc) is 3.12. The van der Waals surface area contributed by atoms with E-state index in [-0.39, 0.29) is 11.7 Å². The first kappa shape index (κ1) is 17.3. The summed E-state index contributed by atoms with van der Waals surface area (Å²) in [6.07, 6.45) is 1.81. The number of aromatic nitrogens is 1. The molecule has 25 heavy (non-hydrogen) atoms. The minimum Gasteiger partial charge on any atom is -0.340 e. The fourth-order valence-electron chi connectivity index (χ4n) is 2.59. The minimum atomic E-state index is -0.327. The molecule has 0 unspecified atom stereocenters. The lowest BCUT2D eigenvalue weighted by Crippen LogP contribution is -2.28. The lowest BCUT2D eigenvalue weighted by Gasteiger charge is -2.15. The van der Waals surface area contributed by atoms with Crippen molar-refractivity contribution in [3.05, 3.63) is 77.1 Å². The summed E-state index contributed by atoms with van der Waals surface area (Å²) in [5.74, 6) is -0.459. The Balaban J connectivity index is 1.60. The number of rotatable bonds is 6. The van der Waals surface area contributed by atoms with Crippen molar-refractivity contribution in [2.24, 2.45) is 0 Å². The van der Waals surface area contributed by atoms with Gasteiger partial charge in [0.2, 0.25) is 0 Å². The SMILES string of the molecule is CN(CCCc1ccccc1)C(=O)c1csc(-c2ccccc2F)n1. The highest BCUT2D eigenvalue weighted by Crippen LogP contribution is 2.26. The fraction of sp³-hybridized carbons (Fsp3) is 0.200. The van der Waals surface area contributed by atoms with E-state index in [1.54, 1.807) is 35.5 Å². The smallest absolute Gasteiger partial charge is 0.273 e. The van der Waals surface area contributed by atoms with Crippen molar-refractivity contribution >= 4 is 17.2 Å². The lowest BCUT2D eigenvalue weighted by molar-refractivity contribution is 0.0788. The molecule has 3 nitrogen and oxygen atoms in total. The van der Waals surface area contributed by atoms with Gasteiger partial charge in [-0.2, -0.15) is 0 Å². The van der Waals surface area contributed by atoms with Crippen LogP contribution < -0.4 is 0 Å². The molecule has 128 valence electrons.